The third kappa shape index (κ3) is 3.91. The average molecular weight is 460 g/mol. The van der Waals surface area contributed by atoms with Crippen LogP contribution in [0.3, 0.4) is 0 Å². The molecule has 0 aliphatic carbocycles. The Kier molecular flexibility index (Phi) is 5.57. The monoisotopic (exact) mass is 459 g/mol. The number of ether oxygens (including phenoxy) is 1. The maximum atomic E-state index is 13.2. The summed E-state index contributed by atoms with van der Waals surface area (Å²) in [4.78, 5) is 31.7. The van der Waals surface area contributed by atoms with Crippen molar-refractivity contribution in [2.75, 3.05) is 6.54 Å². The molecular formula is C26H25N3O5. The lowest BCUT2D eigenvalue weighted by Gasteiger charge is -2.25. The molecular weight excluding hydrogens is 434 g/mol. The number of carbonyl (C=O) groups is 2. The number of benzene rings is 2. The summed E-state index contributed by atoms with van der Waals surface area (Å²) in [6.07, 6.45) is 6.58. The number of hydrogen-bond acceptors (Lipinski definition) is 6. The lowest BCUT2D eigenvalue weighted by molar-refractivity contribution is -0.139. The smallest absolute Gasteiger partial charge is 0.295 e. The van der Waals surface area contributed by atoms with Gasteiger partial charge in [-0.25, -0.2) is 4.98 Å². The molecule has 1 saturated heterocycles. The number of phenolic OH excluding ortho intramolecular Hbond substituents is 1. The fourth-order valence-electron chi connectivity index (χ4n) is 4.68. The van der Waals surface area contributed by atoms with Gasteiger partial charge >= 0.3 is 0 Å². The zero-order valence-electron chi connectivity index (χ0n) is 18.7. The lowest BCUT2D eigenvalue weighted by atomic mass is 9.94. The first-order chi connectivity index (χ1) is 16.4. The number of hydrogen-bond donors (Lipinski definition) is 2. The topological polar surface area (TPSA) is 105 Å². The summed E-state index contributed by atoms with van der Waals surface area (Å²) in [5, 5.41) is 21.0. The first kappa shape index (κ1) is 21.8. The molecule has 2 aromatic carbocycles. The Balaban J connectivity index is 1.52. The molecule has 3 aromatic rings. The number of carbonyl (C=O) groups excluding carboxylic acids is 2. The molecule has 8 nitrogen and oxygen atoms in total. The van der Waals surface area contributed by atoms with E-state index in [2.05, 4.69) is 4.98 Å². The average Bonchev–Trinajstić information content (AvgIpc) is 3.53. The molecule has 2 N–H and O–H groups in total. The lowest BCUT2D eigenvalue weighted by Crippen LogP contribution is -2.31. The molecule has 1 amide bonds. The first-order valence-corrected chi connectivity index (χ1v) is 11.3. The van der Waals surface area contributed by atoms with Crippen molar-refractivity contribution in [3.8, 4) is 11.5 Å². The number of ketones is 1. The molecule has 3 heterocycles. The third-order valence-electron chi connectivity index (χ3n) is 6.29. The van der Waals surface area contributed by atoms with Gasteiger partial charge < -0.3 is 24.4 Å². The molecule has 174 valence electrons. The molecule has 5 rings (SSSR count). The molecule has 8 heteroatoms. The van der Waals surface area contributed by atoms with Crippen LogP contribution in [0.25, 0.3) is 5.76 Å². The van der Waals surface area contributed by atoms with E-state index in [1.807, 2.05) is 23.8 Å². The number of fused-ring (bicyclic) bond motifs is 1. The fourth-order valence-corrected chi connectivity index (χ4v) is 4.68. The minimum atomic E-state index is -0.758. The molecule has 2 atom stereocenters. The van der Waals surface area contributed by atoms with Gasteiger partial charge in [0.15, 0.2) is 0 Å². The van der Waals surface area contributed by atoms with Gasteiger partial charge in [-0.2, -0.15) is 0 Å². The highest BCUT2D eigenvalue weighted by atomic mass is 16.5. The Hall–Kier alpha value is -4.07. The largest absolute Gasteiger partial charge is 0.508 e. The van der Waals surface area contributed by atoms with Gasteiger partial charge in [-0.3, -0.25) is 9.59 Å². The zero-order valence-corrected chi connectivity index (χ0v) is 18.7. The van der Waals surface area contributed by atoms with E-state index in [9.17, 15) is 19.8 Å². The van der Waals surface area contributed by atoms with Gasteiger partial charge in [-0.05, 0) is 54.8 Å². The Morgan fingerprint density at radius 2 is 1.94 bits per heavy atom. The molecule has 0 bridgehead atoms. The maximum absolute atomic E-state index is 13.2. The first-order valence-electron chi connectivity index (χ1n) is 11.3. The summed E-state index contributed by atoms with van der Waals surface area (Å²) in [5.41, 5.74) is 2.11. The second kappa shape index (κ2) is 8.70. The Morgan fingerprint density at radius 3 is 2.68 bits per heavy atom. The molecule has 0 unspecified atom stereocenters. The zero-order chi connectivity index (χ0) is 23.8. The van der Waals surface area contributed by atoms with E-state index >= 15 is 0 Å². The number of rotatable bonds is 6. The van der Waals surface area contributed by atoms with Crippen molar-refractivity contribution < 1.29 is 24.5 Å². The maximum Gasteiger partial charge on any atom is 0.295 e. The van der Waals surface area contributed by atoms with Crippen molar-refractivity contribution >= 4 is 17.4 Å². The van der Waals surface area contributed by atoms with Gasteiger partial charge in [0.05, 0.1) is 17.9 Å². The summed E-state index contributed by atoms with van der Waals surface area (Å²) in [5.74, 6) is -0.741. The standard InChI is InChI=1S/C26H25N3O5/c1-16-13-19-14-18(5-8-21(19)34-16)24(31)22-23(17-3-6-20(30)7-4-17)29(26(33)25(22)32)11-2-10-28-12-9-27-15-28/h3-9,12,14-16,23,30-31H,2,10-11,13H2,1H3/b24-22+/t16-,23+/m0/s1. The van der Waals surface area contributed by atoms with Crippen molar-refractivity contribution in [3.05, 3.63) is 83.4 Å². The minimum Gasteiger partial charge on any atom is -0.508 e. The van der Waals surface area contributed by atoms with Gasteiger partial charge in [0.2, 0.25) is 0 Å². The molecule has 0 saturated carbocycles. The van der Waals surface area contributed by atoms with E-state index in [0.717, 1.165) is 11.3 Å². The number of Topliss-reactive ketones (excluding diaryl/α,β-unsaturated/α-hetero) is 1. The molecule has 34 heavy (non-hydrogen) atoms. The number of aliphatic hydroxyl groups excluding tert-OH is 1. The van der Waals surface area contributed by atoms with Crippen LogP contribution in [0.1, 0.15) is 36.1 Å². The summed E-state index contributed by atoms with van der Waals surface area (Å²) in [6.45, 7) is 2.93. The van der Waals surface area contributed by atoms with Crippen LogP contribution in [0, 0.1) is 0 Å². The number of aromatic hydroxyl groups is 1. The van der Waals surface area contributed by atoms with E-state index in [1.54, 1.807) is 36.8 Å². The number of aliphatic hydroxyl groups is 1. The molecule has 1 fully saturated rings. The summed E-state index contributed by atoms with van der Waals surface area (Å²) in [7, 11) is 0. The molecule has 1 aromatic heterocycles. The predicted molar refractivity (Wildman–Crippen MR) is 124 cm³/mol. The fraction of sp³-hybridized carbons (Fsp3) is 0.269. The molecule has 2 aliphatic heterocycles. The highest BCUT2D eigenvalue weighted by Gasteiger charge is 2.45. The number of likely N-dealkylation sites (tertiary alicyclic amines) is 1. The van der Waals surface area contributed by atoms with Crippen molar-refractivity contribution in [3.63, 3.8) is 0 Å². The summed E-state index contributed by atoms with van der Waals surface area (Å²) >= 11 is 0. The van der Waals surface area contributed by atoms with E-state index < -0.39 is 17.7 Å². The van der Waals surface area contributed by atoms with E-state index in [0.29, 0.717) is 37.1 Å². The second-order valence-electron chi connectivity index (χ2n) is 8.69. The normalized spacial score (nSPS) is 21.0. The van der Waals surface area contributed by atoms with Gasteiger partial charge in [-0.1, -0.05) is 12.1 Å². The van der Waals surface area contributed by atoms with Crippen molar-refractivity contribution in [1.29, 1.82) is 0 Å². The highest BCUT2D eigenvalue weighted by Crippen LogP contribution is 2.41. The van der Waals surface area contributed by atoms with Gasteiger partial charge in [0, 0.05) is 37.5 Å². The van der Waals surface area contributed by atoms with E-state index in [1.165, 1.54) is 17.0 Å². The van der Waals surface area contributed by atoms with E-state index in [4.69, 9.17) is 4.74 Å². The van der Waals surface area contributed by atoms with Crippen LogP contribution in [0.4, 0.5) is 0 Å². The minimum absolute atomic E-state index is 0.0465. The van der Waals surface area contributed by atoms with Gasteiger partial charge in [-0.15, -0.1) is 0 Å². The van der Waals surface area contributed by atoms with Crippen molar-refractivity contribution in [2.45, 2.75) is 38.5 Å². The number of imidazole rings is 1. The van der Waals surface area contributed by atoms with Crippen molar-refractivity contribution in [1.82, 2.24) is 14.5 Å². The third-order valence-corrected chi connectivity index (χ3v) is 6.29. The number of amides is 1. The van der Waals surface area contributed by atoms with Crippen LogP contribution in [-0.2, 0) is 22.6 Å². The number of nitrogens with zero attached hydrogens (tertiary/aromatic N) is 3. The van der Waals surface area contributed by atoms with Crippen LogP contribution in [0.5, 0.6) is 11.5 Å². The summed E-state index contributed by atoms with van der Waals surface area (Å²) < 4.78 is 7.64. The Morgan fingerprint density at radius 1 is 1.15 bits per heavy atom. The Bertz CT molecular complexity index is 1260. The number of aryl methyl sites for hydroxylation is 1. The van der Waals surface area contributed by atoms with E-state index in [-0.39, 0.29) is 23.2 Å². The SMILES string of the molecule is C[C@H]1Cc2cc(/C(O)=C3\C(=O)C(=O)N(CCCn4ccnc4)[C@@H]3c3ccc(O)cc3)ccc2O1. The van der Waals surface area contributed by atoms with Gasteiger partial charge in [0.25, 0.3) is 11.7 Å². The van der Waals surface area contributed by atoms with Crippen LogP contribution in [0.2, 0.25) is 0 Å². The Labute approximate surface area is 196 Å². The summed E-state index contributed by atoms with van der Waals surface area (Å²) in [6, 6.07) is 10.9. The van der Waals surface area contributed by atoms with Crippen LogP contribution >= 0.6 is 0 Å². The number of phenols is 1. The van der Waals surface area contributed by atoms with Crippen LogP contribution in [0.15, 0.2) is 66.8 Å². The molecule has 0 radical (unpaired) electrons. The second-order valence-corrected chi connectivity index (χ2v) is 8.69. The number of aromatic nitrogens is 2. The quantitative estimate of drug-likeness (QED) is 0.333. The van der Waals surface area contributed by atoms with Gasteiger partial charge in [0.1, 0.15) is 23.4 Å². The van der Waals surface area contributed by atoms with Crippen LogP contribution < -0.4 is 4.74 Å². The predicted octanol–water partition coefficient (Wildman–Crippen LogP) is 3.42. The van der Waals surface area contributed by atoms with Crippen molar-refractivity contribution in [2.24, 2.45) is 0 Å². The van der Waals surface area contributed by atoms with Crippen LogP contribution in [-0.4, -0.2) is 49.0 Å². The highest BCUT2D eigenvalue weighted by molar-refractivity contribution is 6.46. The molecule has 2 aliphatic rings. The molecule has 0 spiro atoms.